The molecule has 0 aliphatic carbocycles. The van der Waals surface area contributed by atoms with E-state index in [0.29, 0.717) is 17.9 Å². The van der Waals surface area contributed by atoms with Crippen LogP contribution in [0.4, 0.5) is 5.69 Å². The lowest BCUT2D eigenvalue weighted by Gasteiger charge is -2.04. The minimum absolute atomic E-state index is 0.143. The summed E-state index contributed by atoms with van der Waals surface area (Å²) in [7, 11) is 0. The maximum Gasteiger partial charge on any atom is 0.147 e. The van der Waals surface area contributed by atoms with Crippen LogP contribution in [0.1, 0.15) is 5.56 Å². The summed E-state index contributed by atoms with van der Waals surface area (Å²) in [6.07, 6.45) is 3.61. The van der Waals surface area contributed by atoms with Gasteiger partial charge in [-0.15, -0.1) is 11.8 Å². The molecule has 1 heterocycles. The molecule has 3 nitrogen and oxygen atoms in total. The van der Waals surface area contributed by atoms with Crippen LogP contribution in [0.5, 0.6) is 0 Å². The zero-order chi connectivity index (χ0) is 13.7. The first-order chi connectivity index (χ1) is 9.15. The predicted molar refractivity (Wildman–Crippen MR) is 82.2 cm³/mol. The third-order valence-corrected chi connectivity index (χ3v) is 4.07. The Balaban J connectivity index is 1.90. The van der Waals surface area contributed by atoms with Gasteiger partial charge in [0.15, 0.2) is 0 Å². The quantitative estimate of drug-likeness (QED) is 0.851. The van der Waals surface area contributed by atoms with Crippen LogP contribution in [-0.4, -0.2) is 16.5 Å². The standard InChI is InChI=1S/C14H13BrN2OS/c15-11-2-1-3-13(7-11)19-9-12(18)6-10-8-17-5-4-14(10)16/h1-5,7-8H,6,9H2,(H2,16,17). The number of pyridine rings is 1. The minimum atomic E-state index is 0.143. The number of rotatable bonds is 5. The number of hydrogen-bond donors (Lipinski definition) is 1. The van der Waals surface area contributed by atoms with E-state index in [1.807, 2.05) is 24.3 Å². The van der Waals surface area contributed by atoms with E-state index in [0.717, 1.165) is 14.9 Å². The van der Waals surface area contributed by atoms with E-state index in [2.05, 4.69) is 20.9 Å². The van der Waals surface area contributed by atoms with E-state index in [1.54, 1.807) is 18.5 Å². The third-order valence-electron chi connectivity index (χ3n) is 2.52. The van der Waals surface area contributed by atoms with Crippen molar-refractivity contribution in [1.82, 2.24) is 4.98 Å². The summed E-state index contributed by atoms with van der Waals surface area (Å²) in [4.78, 5) is 17.0. The Kier molecular flexibility index (Phi) is 4.99. The molecule has 0 bridgehead atoms. The zero-order valence-corrected chi connectivity index (χ0v) is 12.6. The molecule has 1 aromatic heterocycles. The third kappa shape index (κ3) is 4.36. The number of hydrogen-bond acceptors (Lipinski definition) is 4. The van der Waals surface area contributed by atoms with Gasteiger partial charge in [0.1, 0.15) is 5.78 Å². The number of Topliss-reactive ketones (excluding diaryl/α,β-unsaturated/α-hetero) is 1. The molecule has 5 heteroatoms. The van der Waals surface area contributed by atoms with Gasteiger partial charge in [0.25, 0.3) is 0 Å². The van der Waals surface area contributed by atoms with Gasteiger partial charge in [-0.1, -0.05) is 22.0 Å². The van der Waals surface area contributed by atoms with Gasteiger partial charge in [0, 0.05) is 39.4 Å². The number of benzene rings is 1. The number of thioether (sulfide) groups is 1. The summed E-state index contributed by atoms with van der Waals surface area (Å²) in [5.41, 5.74) is 7.21. The number of halogens is 1. The van der Waals surface area contributed by atoms with E-state index < -0.39 is 0 Å². The fourth-order valence-electron chi connectivity index (χ4n) is 1.57. The normalized spacial score (nSPS) is 10.4. The van der Waals surface area contributed by atoms with E-state index >= 15 is 0 Å². The Bertz CT molecular complexity index is 589. The van der Waals surface area contributed by atoms with Crippen molar-refractivity contribution in [3.63, 3.8) is 0 Å². The van der Waals surface area contributed by atoms with E-state index in [1.165, 1.54) is 11.8 Å². The van der Waals surface area contributed by atoms with Gasteiger partial charge in [-0.2, -0.15) is 0 Å². The van der Waals surface area contributed by atoms with Crippen LogP contribution in [0.2, 0.25) is 0 Å². The van der Waals surface area contributed by atoms with E-state index in [-0.39, 0.29) is 5.78 Å². The molecule has 2 rings (SSSR count). The van der Waals surface area contributed by atoms with Crippen molar-refractivity contribution in [3.05, 3.63) is 52.8 Å². The molecule has 0 saturated carbocycles. The van der Waals surface area contributed by atoms with Crippen molar-refractivity contribution >= 4 is 39.2 Å². The van der Waals surface area contributed by atoms with Crippen molar-refractivity contribution in [1.29, 1.82) is 0 Å². The van der Waals surface area contributed by atoms with Gasteiger partial charge < -0.3 is 5.73 Å². The lowest BCUT2D eigenvalue weighted by atomic mass is 10.1. The predicted octanol–water partition coefficient (Wildman–Crippen LogP) is 3.33. The van der Waals surface area contributed by atoms with Crippen LogP contribution in [0.25, 0.3) is 0 Å². The van der Waals surface area contributed by atoms with Crippen LogP contribution >= 0.6 is 27.7 Å². The summed E-state index contributed by atoms with van der Waals surface area (Å²) in [5, 5.41) is 0. The van der Waals surface area contributed by atoms with Crippen LogP contribution in [-0.2, 0) is 11.2 Å². The molecule has 0 spiro atoms. The highest BCUT2D eigenvalue weighted by Gasteiger charge is 2.07. The molecule has 0 saturated heterocycles. The molecular formula is C14H13BrN2OS. The maximum absolute atomic E-state index is 11.9. The van der Waals surface area contributed by atoms with E-state index in [9.17, 15) is 4.79 Å². The first-order valence-corrected chi connectivity index (χ1v) is 7.51. The molecule has 0 aliphatic heterocycles. The number of aromatic nitrogens is 1. The second kappa shape index (κ2) is 6.73. The molecule has 0 unspecified atom stereocenters. The van der Waals surface area contributed by atoms with Gasteiger partial charge in [-0.3, -0.25) is 9.78 Å². The van der Waals surface area contributed by atoms with Gasteiger partial charge in [-0.05, 0) is 24.3 Å². The second-order valence-corrected chi connectivity index (χ2v) is 6.00. The minimum Gasteiger partial charge on any atom is -0.398 e. The molecule has 98 valence electrons. The van der Waals surface area contributed by atoms with Gasteiger partial charge in [0.05, 0.1) is 5.75 Å². The number of carbonyl (C=O) groups is 1. The molecule has 0 fully saturated rings. The molecule has 19 heavy (non-hydrogen) atoms. The largest absolute Gasteiger partial charge is 0.398 e. The van der Waals surface area contributed by atoms with Crippen LogP contribution in [0.15, 0.2) is 52.1 Å². The number of nitrogens with two attached hydrogens (primary N) is 1. The number of ketones is 1. The van der Waals surface area contributed by atoms with Crippen LogP contribution in [0, 0.1) is 0 Å². The number of anilines is 1. The van der Waals surface area contributed by atoms with Crippen molar-refractivity contribution < 1.29 is 4.79 Å². The van der Waals surface area contributed by atoms with Crippen molar-refractivity contribution in [3.8, 4) is 0 Å². The molecule has 0 radical (unpaired) electrons. The average molecular weight is 337 g/mol. The first-order valence-electron chi connectivity index (χ1n) is 5.73. The summed E-state index contributed by atoms with van der Waals surface area (Å²) in [5.74, 6) is 0.579. The molecule has 2 N–H and O–H groups in total. The van der Waals surface area contributed by atoms with Crippen LogP contribution in [0.3, 0.4) is 0 Å². The molecule has 0 amide bonds. The molecule has 2 aromatic rings. The molecule has 0 atom stereocenters. The maximum atomic E-state index is 11.9. The SMILES string of the molecule is Nc1ccncc1CC(=O)CSc1cccc(Br)c1. The highest BCUT2D eigenvalue weighted by molar-refractivity contribution is 9.10. The lowest BCUT2D eigenvalue weighted by molar-refractivity contribution is -0.116. The van der Waals surface area contributed by atoms with Crippen molar-refractivity contribution in [2.24, 2.45) is 0 Å². The zero-order valence-electron chi connectivity index (χ0n) is 10.2. The fraction of sp³-hybridized carbons (Fsp3) is 0.143. The number of nitrogen functional groups attached to an aromatic ring is 1. The van der Waals surface area contributed by atoms with Crippen molar-refractivity contribution in [2.45, 2.75) is 11.3 Å². The number of carbonyl (C=O) groups excluding carboxylic acids is 1. The first kappa shape index (κ1) is 14.1. The van der Waals surface area contributed by atoms with Gasteiger partial charge in [0.2, 0.25) is 0 Å². The lowest BCUT2D eigenvalue weighted by Crippen LogP contribution is -2.08. The summed E-state index contributed by atoms with van der Waals surface area (Å²) < 4.78 is 1.02. The van der Waals surface area contributed by atoms with Crippen molar-refractivity contribution in [2.75, 3.05) is 11.5 Å². The topological polar surface area (TPSA) is 56.0 Å². The second-order valence-electron chi connectivity index (χ2n) is 4.04. The Morgan fingerprint density at radius 1 is 1.37 bits per heavy atom. The van der Waals surface area contributed by atoms with Gasteiger partial charge in [-0.25, -0.2) is 0 Å². The summed E-state index contributed by atoms with van der Waals surface area (Å²) in [6.45, 7) is 0. The average Bonchev–Trinajstić information content (AvgIpc) is 2.39. The Morgan fingerprint density at radius 2 is 2.21 bits per heavy atom. The monoisotopic (exact) mass is 336 g/mol. The molecule has 1 aromatic carbocycles. The highest BCUT2D eigenvalue weighted by Crippen LogP contribution is 2.22. The fourth-order valence-corrected chi connectivity index (χ4v) is 2.94. The van der Waals surface area contributed by atoms with Crippen LogP contribution < -0.4 is 5.73 Å². The molecular weight excluding hydrogens is 324 g/mol. The van der Waals surface area contributed by atoms with Gasteiger partial charge >= 0.3 is 0 Å². The highest BCUT2D eigenvalue weighted by atomic mass is 79.9. The Morgan fingerprint density at radius 3 is 2.95 bits per heavy atom. The molecule has 0 aliphatic rings. The number of nitrogens with zero attached hydrogens (tertiary/aromatic N) is 1. The summed E-state index contributed by atoms with van der Waals surface area (Å²) >= 11 is 4.94. The Hall–Kier alpha value is -1.33. The smallest absolute Gasteiger partial charge is 0.147 e. The summed E-state index contributed by atoms with van der Waals surface area (Å²) in [6, 6.07) is 9.61. The Labute approximate surface area is 124 Å². The van der Waals surface area contributed by atoms with E-state index in [4.69, 9.17) is 5.73 Å².